The van der Waals surface area contributed by atoms with Crippen molar-refractivity contribution in [3.8, 4) is 11.3 Å². The molecule has 0 N–H and O–H groups in total. The molecule has 0 spiro atoms. The fourth-order valence-electron chi connectivity index (χ4n) is 1.64. The maximum atomic E-state index is 14.3. The highest BCUT2D eigenvalue weighted by molar-refractivity contribution is 6.67. The van der Waals surface area contributed by atoms with Gasteiger partial charge in [-0.1, -0.05) is 34.8 Å². The molecule has 0 aliphatic carbocycles. The van der Waals surface area contributed by atoms with Gasteiger partial charge in [0.15, 0.2) is 6.29 Å². The molecule has 0 saturated heterocycles. The summed E-state index contributed by atoms with van der Waals surface area (Å²) >= 11 is 22.9. The van der Waals surface area contributed by atoms with Crippen LogP contribution in [0.25, 0.3) is 11.3 Å². The lowest BCUT2D eigenvalue weighted by atomic mass is 10.1. The first-order valence-corrected chi connectivity index (χ1v) is 6.87. The van der Waals surface area contributed by atoms with Crippen molar-refractivity contribution < 1.29 is 14.0 Å². The Labute approximate surface area is 138 Å². The van der Waals surface area contributed by atoms with Crippen molar-refractivity contribution in [1.29, 1.82) is 0 Å². The predicted octanol–water partition coefficient (Wildman–Crippen LogP) is 5.04. The molecule has 2 aromatic rings. The number of pyridine rings is 1. The van der Waals surface area contributed by atoms with Crippen LogP contribution in [0.3, 0.4) is 0 Å². The van der Waals surface area contributed by atoms with Gasteiger partial charge in [-0.15, -0.1) is 0 Å². The molecule has 0 atom stereocenters. The van der Waals surface area contributed by atoms with Crippen molar-refractivity contribution in [2.75, 3.05) is 0 Å². The van der Waals surface area contributed by atoms with Crippen LogP contribution in [0.15, 0.2) is 18.2 Å². The second-order valence-corrected chi connectivity index (χ2v) is 5.40. The highest BCUT2D eigenvalue weighted by atomic mass is 35.5. The number of aldehydes is 1. The molecule has 0 saturated carbocycles. The first-order valence-electron chi connectivity index (χ1n) is 5.36. The molecule has 1 aromatic heterocycles. The minimum absolute atomic E-state index is 0.0207. The van der Waals surface area contributed by atoms with Gasteiger partial charge in [-0.3, -0.25) is 9.59 Å². The first-order chi connectivity index (χ1) is 9.86. The van der Waals surface area contributed by atoms with Gasteiger partial charge in [0.25, 0.3) is 5.24 Å². The third kappa shape index (κ3) is 3.04. The monoisotopic (exact) mass is 365 g/mol. The lowest BCUT2D eigenvalue weighted by molar-refractivity contribution is 0.107. The molecule has 3 nitrogen and oxygen atoms in total. The Hall–Kier alpha value is -1.20. The van der Waals surface area contributed by atoms with E-state index in [0.29, 0.717) is 0 Å². The third-order valence-corrected chi connectivity index (χ3v) is 3.91. The van der Waals surface area contributed by atoms with E-state index in [0.717, 1.165) is 6.07 Å². The summed E-state index contributed by atoms with van der Waals surface area (Å²) in [6.45, 7) is 0. The number of halogens is 5. The van der Waals surface area contributed by atoms with Gasteiger partial charge in [-0.05, 0) is 29.8 Å². The maximum Gasteiger partial charge on any atom is 0.270 e. The molecule has 108 valence electrons. The fourth-order valence-corrected chi connectivity index (χ4v) is 2.32. The Morgan fingerprint density at radius 3 is 2.43 bits per heavy atom. The van der Waals surface area contributed by atoms with Crippen molar-refractivity contribution >= 4 is 57.9 Å². The van der Waals surface area contributed by atoms with Crippen LogP contribution in [0.4, 0.5) is 4.39 Å². The van der Waals surface area contributed by atoms with E-state index in [9.17, 15) is 14.0 Å². The molecule has 21 heavy (non-hydrogen) atoms. The van der Waals surface area contributed by atoms with Crippen LogP contribution in [-0.2, 0) is 0 Å². The molecule has 0 aliphatic heterocycles. The zero-order valence-corrected chi connectivity index (χ0v) is 13.0. The molecule has 0 fully saturated rings. The van der Waals surface area contributed by atoms with Crippen LogP contribution in [0.2, 0.25) is 15.1 Å². The van der Waals surface area contributed by atoms with Gasteiger partial charge in [0.2, 0.25) is 0 Å². The van der Waals surface area contributed by atoms with Crippen LogP contribution in [0.5, 0.6) is 0 Å². The highest BCUT2D eigenvalue weighted by Gasteiger charge is 2.20. The van der Waals surface area contributed by atoms with Crippen molar-refractivity contribution in [1.82, 2.24) is 4.98 Å². The number of hydrogen-bond donors (Lipinski definition) is 0. The molecular weight excluding hydrogens is 363 g/mol. The zero-order valence-electron chi connectivity index (χ0n) is 9.96. The second kappa shape index (κ2) is 6.28. The summed E-state index contributed by atoms with van der Waals surface area (Å²) in [5, 5.41) is -1.03. The molecule has 2 rings (SSSR count). The van der Waals surface area contributed by atoms with E-state index in [-0.39, 0.29) is 43.9 Å². The molecule has 1 heterocycles. The largest absolute Gasteiger partial charge is 0.298 e. The number of hydrogen-bond acceptors (Lipinski definition) is 3. The van der Waals surface area contributed by atoms with Gasteiger partial charge in [-0.25, -0.2) is 9.37 Å². The lowest BCUT2D eigenvalue weighted by Crippen LogP contribution is -2.00. The summed E-state index contributed by atoms with van der Waals surface area (Å²) in [5.74, 6) is -0.915. The Morgan fingerprint density at radius 1 is 1.19 bits per heavy atom. The van der Waals surface area contributed by atoms with Crippen molar-refractivity contribution in [3.63, 3.8) is 0 Å². The van der Waals surface area contributed by atoms with Crippen molar-refractivity contribution in [3.05, 3.63) is 50.3 Å². The third-order valence-electron chi connectivity index (χ3n) is 2.61. The SMILES string of the molecule is O=Cc1c(Cl)ccc(-c2nc(C(=O)Cl)cc(Cl)c2Cl)c1F. The lowest BCUT2D eigenvalue weighted by Gasteiger charge is -2.10. The van der Waals surface area contributed by atoms with Crippen molar-refractivity contribution in [2.45, 2.75) is 0 Å². The Bertz CT molecular complexity index is 764. The van der Waals surface area contributed by atoms with E-state index in [1.807, 2.05) is 0 Å². The van der Waals surface area contributed by atoms with E-state index in [4.69, 9.17) is 46.4 Å². The Kier molecular flexibility index (Phi) is 4.84. The highest BCUT2D eigenvalue weighted by Crippen LogP contribution is 2.36. The van der Waals surface area contributed by atoms with Gasteiger partial charge in [0.1, 0.15) is 11.5 Å². The second-order valence-electron chi connectivity index (χ2n) is 3.87. The quantitative estimate of drug-likeness (QED) is 0.564. The predicted molar refractivity (Wildman–Crippen MR) is 80.2 cm³/mol. The van der Waals surface area contributed by atoms with Crippen molar-refractivity contribution in [2.24, 2.45) is 0 Å². The van der Waals surface area contributed by atoms with E-state index in [1.165, 1.54) is 12.1 Å². The van der Waals surface area contributed by atoms with Crippen LogP contribution in [0.1, 0.15) is 20.8 Å². The first kappa shape index (κ1) is 16.2. The number of benzene rings is 1. The summed E-state index contributed by atoms with van der Waals surface area (Å²) in [4.78, 5) is 25.9. The fraction of sp³-hybridized carbons (Fsp3) is 0. The van der Waals surface area contributed by atoms with E-state index in [1.54, 1.807) is 0 Å². The molecule has 0 amide bonds. The topological polar surface area (TPSA) is 47.0 Å². The molecular formula is C13H4Cl4FNO2. The summed E-state index contributed by atoms with van der Waals surface area (Å²) in [6.07, 6.45) is 0.271. The summed E-state index contributed by atoms with van der Waals surface area (Å²) in [7, 11) is 0. The average Bonchev–Trinajstić information content (AvgIpc) is 2.43. The summed E-state index contributed by atoms with van der Waals surface area (Å²) < 4.78 is 14.3. The van der Waals surface area contributed by atoms with Crippen LogP contribution in [0, 0.1) is 5.82 Å². The Balaban J connectivity index is 2.78. The van der Waals surface area contributed by atoms with Crippen LogP contribution >= 0.6 is 46.4 Å². The molecule has 0 radical (unpaired) electrons. The van der Waals surface area contributed by atoms with Crippen LogP contribution in [-0.4, -0.2) is 16.5 Å². The van der Waals surface area contributed by atoms with Gasteiger partial charge in [0.05, 0.1) is 26.3 Å². The summed E-state index contributed by atoms with van der Waals surface area (Å²) in [6, 6.07) is 3.75. The molecule has 0 aliphatic rings. The number of aromatic nitrogens is 1. The van der Waals surface area contributed by atoms with Crippen LogP contribution < -0.4 is 0 Å². The minimum Gasteiger partial charge on any atom is -0.298 e. The summed E-state index contributed by atoms with van der Waals surface area (Å²) in [5.41, 5.74) is -0.757. The number of carbonyl (C=O) groups excluding carboxylic acids is 2. The smallest absolute Gasteiger partial charge is 0.270 e. The van der Waals surface area contributed by atoms with E-state index >= 15 is 0 Å². The normalized spacial score (nSPS) is 10.5. The molecule has 8 heteroatoms. The molecule has 0 bridgehead atoms. The average molecular weight is 367 g/mol. The van der Waals surface area contributed by atoms with Gasteiger partial charge in [0, 0.05) is 5.56 Å². The zero-order chi connectivity index (χ0) is 15.7. The van der Waals surface area contributed by atoms with Gasteiger partial charge in [-0.2, -0.15) is 0 Å². The van der Waals surface area contributed by atoms with E-state index in [2.05, 4.69) is 4.98 Å². The number of rotatable bonds is 3. The molecule has 0 unspecified atom stereocenters. The van der Waals surface area contributed by atoms with Gasteiger partial charge >= 0.3 is 0 Å². The standard InChI is InChI=1S/C13H4Cl4FNO2/c14-7-2-1-5(11(18)6(7)4-20)12-10(16)8(15)3-9(19-12)13(17)21/h1-4H. The minimum atomic E-state index is -0.915. The Morgan fingerprint density at radius 2 is 1.86 bits per heavy atom. The van der Waals surface area contributed by atoms with Gasteiger partial charge < -0.3 is 0 Å². The molecule has 1 aromatic carbocycles. The number of nitrogens with zero attached hydrogens (tertiary/aromatic N) is 1. The van der Waals surface area contributed by atoms with E-state index < -0.39 is 11.1 Å². The maximum absolute atomic E-state index is 14.3. The number of carbonyl (C=O) groups is 2.